The molecule has 0 bridgehead atoms. The number of nitrogens with zero attached hydrogens (tertiary/aromatic N) is 1. The van der Waals surface area contributed by atoms with Gasteiger partial charge in [0, 0.05) is 10.6 Å². The molecule has 0 amide bonds. The highest BCUT2D eigenvalue weighted by molar-refractivity contribution is 7.92. The van der Waals surface area contributed by atoms with E-state index in [9.17, 15) is 8.42 Å². The van der Waals surface area contributed by atoms with Crippen molar-refractivity contribution in [2.45, 2.75) is 17.9 Å². The van der Waals surface area contributed by atoms with Gasteiger partial charge in [0.1, 0.15) is 5.75 Å². The monoisotopic (exact) mass is 447 g/mol. The Bertz CT molecular complexity index is 1030. The highest BCUT2D eigenvalue weighted by Gasteiger charge is 2.26. The van der Waals surface area contributed by atoms with E-state index in [2.05, 4.69) is 12.6 Å². The third-order valence-electron chi connectivity index (χ3n) is 4.29. The number of hydrogen-bond donors (Lipinski definition) is 1. The van der Waals surface area contributed by atoms with Gasteiger partial charge in [-0.15, -0.1) is 0 Å². The quantitative estimate of drug-likeness (QED) is 0.351. The molecule has 3 aromatic rings. The van der Waals surface area contributed by atoms with Gasteiger partial charge >= 0.3 is 0 Å². The van der Waals surface area contributed by atoms with Crippen molar-refractivity contribution in [1.82, 2.24) is 0 Å². The van der Waals surface area contributed by atoms with Gasteiger partial charge in [0.15, 0.2) is 0 Å². The van der Waals surface area contributed by atoms with Gasteiger partial charge in [-0.2, -0.15) is 12.6 Å². The first-order valence-corrected chi connectivity index (χ1v) is 11.6. The Morgan fingerprint density at radius 2 is 1.55 bits per heavy atom. The van der Waals surface area contributed by atoms with Crippen molar-refractivity contribution in [2.75, 3.05) is 16.7 Å². The maximum absolute atomic E-state index is 13.5. The summed E-state index contributed by atoms with van der Waals surface area (Å²) in [4.78, 5) is 0.180. The van der Waals surface area contributed by atoms with E-state index in [1.165, 1.54) is 16.4 Å². The number of halogens is 1. The van der Waals surface area contributed by atoms with Crippen LogP contribution in [0.2, 0.25) is 5.02 Å². The molecule has 0 aliphatic rings. The third-order valence-corrected chi connectivity index (χ3v) is 6.65. The summed E-state index contributed by atoms with van der Waals surface area (Å²) in [6, 6.07) is 22.7. The predicted octanol–water partition coefficient (Wildman–Crippen LogP) is 5.43. The fourth-order valence-corrected chi connectivity index (χ4v) is 4.52. The Morgan fingerprint density at radius 1 is 0.897 bits per heavy atom. The molecule has 0 aliphatic carbocycles. The van der Waals surface area contributed by atoms with Gasteiger partial charge in [-0.3, -0.25) is 4.31 Å². The zero-order valence-electron chi connectivity index (χ0n) is 15.7. The van der Waals surface area contributed by atoms with Crippen molar-refractivity contribution in [2.24, 2.45) is 0 Å². The van der Waals surface area contributed by atoms with Crippen LogP contribution in [-0.2, 0) is 16.6 Å². The first-order valence-electron chi connectivity index (χ1n) is 9.17. The van der Waals surface area contributed by atoms with E-state index in [-0.39, 0.29) is 11.4 Å². The van der Waals surface area contributed by atoms with E-state index in [1.54, 1.807) is 24.3 Å². The van der Waals surface area contributed by atoms with E-state index in [0.717, 1.165) is 17.7 Å². The van der Waals surface area contributed by atoms with Crippen molar-refractivity contribution in [3.63, 3.8) is 0 Å². The Labute approximate surface area is 182 Å². The van der Waals surface area contributed by atoms with Crippen LogP contribution in [0.5, 0.6) is 5.75 Å². The molecule has 0 spiro atoms. The molecule has 0 unspecified atom stereocenters. The first-order chi connectivity index (χ1) is 14.0. The Balaban J connectivity index is 1.99. The largest absolute Gasteiger partial charge is 0.493 e. The topological polar surface area (TPSA) is 46.6 Å². The number of rotatable bonds is 9. The molecule has 0 saturated carbocycles. The minimum atomic E-state index is -3.80. The molecule has 7 heteroatoms. The highest BCUT2D eigenvalue weighted by Crippen LogP contribution is 2.29. The van der Waals surface area contributed by atoms with Crippen LogP contribution in [0.25, 0.3) is 0 Å². The maximum atomic E-state index is 13.5. The number of ether oxygens (including phenoxy) is 1. The van der Waals surface area contributed by atoms with Crippen molar-refractivity contribution in [3.8, 4) is 5.75 Å². The molecule has 0 fully saturated rings. The summed E-state index contributed by atoms with van der Waals surface area (Å²) in [5.74, 6) is 1.39. The molecule has 0 radical (unpaired) electrons. The Hall–Kier alpha value is -2.15. The van der Waals surface area contributed by atoms with Crippen molar-refractivity contribution < 1.29 is 13.2 Å². The predicted molar refractivity (Wildman–Crippen MR) is 122 cm³/mol. The van der Waals surface area contributed by atoms with Gasteiger partial charge in [0.2, 0.25) is 0 Å². The lowest BCUT2D eigenvalue weighted by Crippen LogP contribution is -2.30. The van der Waals surface area contributed by atoms with Crippen LogP contribution >= 0.6 is 24.2 Å². The number of benzene rings is 3. The number of hydrogen-bond acceptors (Lipinski definition) is 4. The molecule has 0 aromatic heterocycles. The molecule has 0 saturated heterocycles. The van der Waals surface area contributed by atoms with Crippen molar-refractivity contribution >= 4 is 39.9 Å². The second kappa shape index (κ2) is 10.1. The van der Waals surface area contributed by atoms with E-state index in [1.807, 2.05) is 42.5 Å². The van der Waals surface area contributed by atoms with Crippen LogP contribution in [-0.4, -0.2) is 20.8 Å². The summed E-state index contributed by atoms with van der Waals surface area (Å²) in [7, 11) is -3.80. The van der Waals surface area contributed by atoms with Crippen LogP contribution in [0.4, 0.5) is 5.69 Å². The van der Waals surface area contributed by atoms with E-state index >= 15 is 0 Å². The van der Waals surface area contributed by atoms with Crippen LogP contribution in [0.1, 0.15) is 12.0 Å². The maximum Gasteiger partial charge on any atom is 0.264 e. The van der Waals surface area contributed by atoms with Gasteiger partial charge in [-0.25, -0.2) is 8.42 Å². The van der Waals surface area contributed by atoms with E-state index in [0.29, 0.717) is 23.1 Å². The van der Waals surface area contributed by atoms with Gasteiger partial charge in [0.25, 0.3) is 10.0 Å². The lowest BCUT2D eigenvalue weighted by Gasteiger charge is -2.25. The number of anilines is 1. The Morgan fingerprint density at radius 3 is 2.24 bits per heavy atom. The third kappa shape index (κ3) is 5.47. The number of thiol groups is 1. The minimum absolute atomic E-state index is 0.145. The van der Waals surface area contributed by atoms with E-state index in [4.69, 9.17) is 16.3 Å². The normalized spacial score (nSPS) is 11.2. The zero-order valence-corrected chi connectivity index (χ0v) is 18.2. The van der Waals surface area contributed by atoms with Crippen molar-refractivity contribution in [3.05, 3.63) is 89.4 Å². The summed E-state index contributed by atoms with van der Waals surface area (Å²) in [5, 5.41) is 0.484. The molecule has 3 aromatic carbocycles. The second-order valence-electron chi connectivity index (χ2n) is 6.33. The van der Waals surface area contributed by atoms with Crippen LogP contribution in [0, 0.1) is 0 Å². The lowest BCUT2D eigenvalue weighted by atomic mass is 10.2. The second-order valence-corrected chi connectivity index (χ2v) is 9.08. The summed E-state index contributed by atoms with van der Waals surface area (Å²) in [5.41, 5.74) is 1.36. The van der Waals surface area contributed by atoms with Crippen LogP contribution in [0.15, 0.2) is 83.8 Å². The standard InChI is InChI=1S/C22H22ClNO3S2/c23-19-11-13-21(14-12-19)29(25,26)24(20-8-2-1-3-9-20)17-18-7-4-5-10-22(18)27-15-6-16-28/h1-5,7-14,28H,6,15-17H2. The van der Waals surface area contributed by atoms with Crippen LogP contribution in [0.3, 0.4) is 0 Å². The van der Waals surface area contributed by atoms with Gasteiger partial charge in [0.05, 0.1) is 23.7 Å². The molecule has 0 atom stereocenters. The molecule has 0 aliphatic heterocycles. The van der Waals surface area contributed by atoms with Crippen molar-refractivity contribution in [1.29, 1.82) is 0 Å². The first kappa shape index (κ1) is 21.6. The van der Waals surface area contributed by atoms with Gasteiger partial charge < -0.3 is 4.74 Å². The smallest absolute Gasteiger partial charge is 0.264 e. The molecule has 152 valence electrons. The van der Waals surface area contributed by atoms with E-state index < -0.39 is 10.0 Å². The minimum Gasteiger partial charge on any atom is -0.493 e. The summed E-state index contributed by atoms with van der Waals surface area (Å²) < 4.78 is 34.2. The number of sulfonamides is 1. The molecule has 0 N–H and O–H groups in total. The van der Waals surface area contributed by atoms with Crippen LogP contribution < -0.4 is 9.04 Å². The molecular formula is C22H22ClNO3S2. The zero-order chi connectivity index (χ0) is 20.7. The summed E-state index contributed by atoms with van der Waals surface area (Å²) in [6.45, 7) is 0.668. The number of para-hydroxylation sites is 2. The van der Waals surface area contributed by atoms with Gasteiger partial charge in [-0.1, -0.05) is 48.0 Å². The fourth-order valence-electron chi connectivity index (χ4n) is 2.82. The summed E-state index contributed by atoms with van der Waals surface area (Å²) >= 11 is 10.1. The summed E-state index contributed by atoms with van der Waals surface area (Å²) in [6.07, 6.45) is 0.808. The average Bonchev–Trinajstić information content (AvgIpc) is 2.74. The van der Waals surface area contributed by atoms with Gasteiger partial charge in [-0.05, 0) is 54.6 Å². The molecule has 3 rings (SSSR count). The molecule has 29 heavy (non-hydrogen) atoms. The molecule has 0 heterocycles. The average molecular weight is 448 g/mol. The molecular weight excluding hydrogens is 426 g/mol. The fraction of sp³-hybridized carbons (Fsp3) is 0.182. The lowest BCUT2D eigenvalue weighted by molar-refractivity contribution is 0.315. The molecule has 4 nitrogen and oxygen atoms in total. The SMILES string of the molecule is O=S(=O)(c1ccc(Cl)cc1)N(Cc1ccccc1OCCCS)c1ccccc1. The highest BCUT2D eigenvalue weighted by atomic mass is 35.5. The Kier molecular flexibility index (Phi) is 7.47.